The molecule has 0 radical (unpaired) electrons. The van der Waals surface area contributed by atoms with Gasteiger partial charge in [-0.2, -0.15) is 0 Å². The van der Waals surface area contributed by atoms with E-state index in [1.165, 1.54) is 0 Å². The minimum Gasteiger partial charge on any atom is -0.368 e. The Morgan fingerprint density at radius 1 is 1.27 bits per heavy atom. The van der Waals surface area contributed by atoms with Crippen molar-refractivity contribution < 1.29 is 9.59 Å². The molecule has 5 heteroatoms. The smallest absolute Gasteiger partial charge is 0.239 e. The molecule has 0 saturated heterocycles. The van der Waals surface area contributed by atoms with Crippen LogP contribution in [0.4, 0.5) is 0 Å². The third kappa shape index (κ3) is 5.37. The van der Waals surface area contributed by atoms with Crippen LogP contribution in [0.25, 0.3) is 0 Å². The number of nitrogens with one attached hydrogen (secondary N) is 2. The van der Waals surface area contributed by atoms with Crippen LogP contribution >= 0.6 is 0 Å². The fourth-order valence-electron chi connectivity index (χ4n) is 1.21. The SMILES string of the molecule is CN[C@@H](CC(C)C)C(=O)NC(C)C(N)=O. The summed E-state index contributed by atoms with van der Waals surface area (Å²) in [7, 11) is 1.72. The monoisotopic (exact) mass is 215 g/mol. The van der Waals surface area contributed by atoms with Crippen LogP contribution < -0.4 is 16.4 Å². The van der Waals surface area contributed by atoms with Gasteiger partial charge in [0.1, 0.15) is 6.04 Å². The lowest BCUT2D eigenvalue weighted by molar-refractivity contribution is -0.128. The number of amides is 2. The van der Waals surface area contributed by atoms with Crippen LogP contribution in [0.3, 0.4) is 0 Å². The standard InChI is InChI=1S/C10H21N3O2/c1-6(2)5-8(12-4)10(15)13-7(3)9(11)14/h6-8,12H,5H2,1-4H3,(H2,11,14)(H,13,15)/t7?,8-/m0/s1. The highest BCUT2D eigenvalue weighted by atomic mass is 16.2. The molecule has 2 atom stereocenters. The number of likely N-dealkylation sites (N-methyl/N-ethyl adjacent to an activating group) is 1. The number of primary amides is 1. The predicted molar refractivity (Wildman–Crippen MR) is 59.1 cm³/mol. The van der Waals surface area contributed by atoms with Crippen LogP contribution in [0.5, 0.6) is 0 Å². The summed E-state index contributed by atoms with van der Waals surface area (Å²) in [6, 6.07) is -0.896. The molecule has 2 amide bonds. The molecular formula is C10H21N3O2. The first-order chi connectivity index (χ1) is 6.88. The molecule has 15 heavy (non-hydrogen) atoms. The molecule has 0 fully saturated rings. The van der Waals surface area contributed by atoms with Gasteiger partial charge in [0.2, 0.25) is 11.8 Å². The molecular weight excluding hydrogens is 194 g/mol. The topological polar surface area (TPSA) is 84.2 Å². The molecule has 0 aromatic heterocycles. The summed E-state index contributed by atoms with van der Waals surface area (Å²) in [5.74, 6) is -0.294. The van der Waals surface area contributed by atoms with Crippen LogP contribution in [-0.4, -0.2) is 30.9 Å². The van der Waals surface area contributed by atoms with Crippen LogP contribution in [0, 0.1) is 5.92 Å². The van der Waals surface area contributed by atoms with Crippen molar-refractivity contribution in [1.82, 2.24) is 10.6 Å². The fourth-order valence-corrected chi connectivity index (χ4v) is 1.21. The van der Waals surface area contributed by atoms with Gasteiger partial charge in [-0.25, -0.2) is 0 Å². The van der Waals surface area contributed by atoms with Crippen LogP contribution in [0.2, 0.25) is 0 Å². The lowest BCUT2D eigenvalue weighted by atomic mass is 10.0. The minimum absolute atomic E-state index is 0.183. The number of hydrogen-bond acceptors (Lipinski definition) is 3. The molecule has 0 heterocycles. The third-order valence-electron chi connectivity index (χ3n) is 2.16. The molecule has 0 saturated carbocycles. The maximum atomic E-state index is 11.6. The zero-order valence-corrected chi connectivity index (χ0v) is 9.83. The summed E-state index contributed by atoms with van der Waals surface area (Å²) in [5.41, 5.74) is 5.05. The van der Waals surface area contributed by atoms with Crippen molar-refractivity contribution in [3.05, 3.63) is 0 Å². The van der Waals surface area contributed by atoms with Crippen molar-refractivity contribution in [2.45, 2.75) is 39.3 Å². The van der Waals surface area contributed by atoms with Gasteiger partial charge in [0, 0.05) is 0 Å². The Labute approximate surface area is 90.8 Å². The van der Waals surface area contributed by atoms with Crippen molar-refractivity contribution >= 4 is 11.8 Å². The third-order valence-corrected chi connectivity index (χ3v) is 2.16. The molecule has 4 N–H and O–H groups in total. The number of carbonyl (C=O) groups excluding carboxylic acids is 2. The Morgan fingerprint density at radius 3 is 2.13 bits per heavy atom. The van der Waals surface area contributed by atoms with Gasteiger partial charge < -0.3 is 16.4 Å². The molecule has 0 aromatic rings. The zero-order chi connectivity index (χ0) is 12.0. The lowest BCUT2D eigenvalue weighted by Gasteiger charge is -2.19. The highest BCUT2D eigenvalue weighted by molar-refractivity contribution is 5.88. The van der Waals surface area contributed by atoms with Crippen molar-refractivity contribution in [2.24, 2.45) is 11.7 Å². The molecule has 0 spiro atoms. The molecule has 88 valence electrons. The van der Waals surface area contributed by atoms with E-state index in [0.29, 0.717) is 5.92 Å². The van der Waals surface area contributed by atoms with E-state index in [1.54, 1.807) is 14.0 Å². The van der Waals surface area contributed by atoms with E-state index in [0.717, 1.165) is 6.42 Å². The number of nitrogens with two attached hydrogens (primary N) is 1. The van der Waals surface area contributed by atoms with Gasteiger partial charge >= 0.3 is 0 Å². The van der Waals surface area contributed by atoms with Gasteiger partial charge in [0.15, 0.2) is 0 Å². The highest BCUT2D eigenvalue weighted by Crippen LogP contribution is 2.04. The van der Waals surface area contributed by atoms with Gasteiger partial charge in [-0.1, -0.05) is 13.8 Å². The molecule has 0 rings (SSSR count). The van der Waals surface area contributed by atoms with E-state index in [4.69, 9.17) is 5.73 Å². The first-order valence-corrected chi connectivity index (χ1v) is 5.15. The quantitative estimate of drug-likeness (QED) is 0.564. The van der Waals surface area contributed by atoms with E-state index in [2.05, 4.69) is 10.6 Å². The number of rotatable bonds is 6. The largest absolute Gasteiger partial charge is 0.368 e. The van der Waals surface area contributed by atoms with Crippen molar-refractivity contribution in [3.63, 3.8) is 0 Å². The second kappa shape index (κ2) is 6.40. The van der Waals surface area contributed by atoms with E-state index in [9.17, 15) is 9.59 Å². The summed E-state index contributed by atoms with van der Waals surface area (Å²) in [6.07, 6.45) is 0.730. The summed E-state index contributed by atoms with van der Waals surface area (Å²) in [5, 5.41) is 5.47. The predicted octanol–water partition coefficient (Wildman–Crippen LogP) is -0.389. The van der Waals surface area contributed by atoms with Gasteiger partial charge in [0.05, 0.1) is 6.04 Å². The lowest BCUT2D eigenvalue weighted by Crippen LogP contribution is -2.50. The van der Waals surface area contributed by atoms with E-state index >= 15 is 0 Å². The molecule has 0 aliphatic carbocycles. The number of carbonyl (C=O) groups is 2. The van der Waals surface area contributed by atoms with Crippen LogP contribution in [0.1, 0.15) is 27.2 Å². The van der Waals surface area contributed by atoms with Crippen molar-refractivity contribution in [3.8, 4) is 0 Å². The van der Waals surface area contributed by atoms with Crippen molar-refractivity contribution in [1.29, 1.82) is 0 Å². The molecule has 0 aromatic carbocycles. The Morgan fingerprint density at radius 2 is 1.80 bits per heavy atom. The van der Waals surface area contributed by atoms with Crippen LogP contribution in [0.15, 0.2) is 0 Å². The van der Waals surface area contributed by atoms with Crippen molar-refractivity contribution in [2.75, 3.05) is 7.05 Å². The maximum absolute atomic E-state index is 11.6. The zero-order valence-electron chi connectivity index (χ0n) is 9.83. The summed E-state index contributed by atoms with van der Waals surface area (Å²) in [6.45, 7) is 5.65. The minimum atomic E-state index is -0.625. The normalized spacial score (nSPS) is 14.7. The molecule has 1 unspecified atom stereocenters. The summed E-state index contributed by atoms with van der Waals surface area (Å²) in [4.78, 5) is 22.4. The Hall–Kier alpha value is -1.10. The fraction of sp³-hybridized carbons (Fsp3) is 0.800. The second-order valence-corrected chi connectivity index (χ2v) is 4.10. The molecule has 5 nitrogen and oxygen atoms in total. The van der Waals surface area contributed by atoms with Crippen LogP contribution in [-0.2, 0) is 9.59 Å². The summed E-state index contributed by atoms with van der Waals surface area (Å²) >= 11 is 0. The molecule has 0 aliphatic heterocycles. The van der Waals surface area contributed by atoms with Gasteiger partial charge in [0.25, 0.3) is 0 Å². The highest BCUT2D eigenvalue weighted by Gasteiger charge is 2.20. The summed E-state index contributed by atoms with van der Waals surface area (Å²) < 4.78 is 0. The Kier molecular flexibility index (Phi) is 5.93. The van der Waals surface area contributed by atoms with E-state index < -0.39 is 11.9 Å². The first-order valence-electron chi connectivity index (χ1n) is 5.15. The number of hydrogen-bond donors (Lipinski definition) is 3. The Bertz CT molecular complexity index is 229. The van der Waals surface area contributed by atoms with Gasteiger partial charge in [-0.3, -0.25) is 9.59 Å². The molecule has 0 bridgehead atoms. The average molecular weight is 215 g/mol. The van der Waals surface area contributed by atoms with E-state index in [1.807, 2.05) is 13.8 Å². The average Bonchev–Trinajstić information content (AvgIpc) is 2.13. The maximum Gasteiger partial charge on any atom is 0.239 e. The molecule has 0 aliphatic rings. The van der Waals surface area contributed by atoms with E-state index in [-0.39, 0.29) is 11.9 Å². The Balaban J connectivity index is 4.21. The van der Waals surface area contributed by atoms with Gasteiger partial charge in [-0.05, 0) is 26.3 Å². The second-order valence-electron chi connectivity index (χ2n) is 4.10. The van der Waals surface area contributed by atoms with Gasteiger partial charge in [-0.15, -0.1) is 0 Å². The first kappa shape index (κ1) is 13.9.